The molecule has 3 heteroatoms. The summed E-state index contributed by atoms with van der Waals surface area (Å²) in [5.41, 5.74) is 3.69. The Labute approximate surface area is 99.1 Å². The molecule has 0 bridgehead atoms. The first-order valence-corrected chi connectivity index (χ1v) is 5.80. The zero-order valence-electron chi connectivity index (χ0n) is 9.00. The number of benzene rings is 1. The highest BCUT2D eigenvalue weighted by molar-refractivity contribution is 9.10. The van der Waals surface area contributed by atoms with E-state index < -0.39 is 0 Å². The van der Waals surface area contributed by atoms with Crippen LogP contribution in [-0.4, -0.2) is 25.5 Å². The Kier molecular flexibility index (Phi) is 3.12. The Morgan fingerprint density at radius 2 is 2.13 bits per heavy atom. The Morgan fingerprint density at radius 1 is 1.33 bits per heavy atom. The van der Waals surface area contributed by atoms with Crippen LogP contribution in [0.3, 0.4) is 0 Å². The Bertz CT molecular complexity index is 397. The maximum absolute atomic E-state index is 4.40. The molecule has 1 aromatic carbocycles. The van der Waals surface area contributed by atoms with Crippen molar-refractivity contribution in [1.82, 2.24) is 10.2 Å². The van der Waals surface area contributed by atoms with Crippen molar-refractivity contribution in [1.29, 1.82) is 0 Å². The van der Waals surface area contributed by atoms with Crippen LogP contribution in [0.2, 0.25) is 0 Å². The van der Waals surface area contributed by atoms with Gasteiger partial charge in [-0.05, 0) is 44.3 Å². The molecule has 0 unspecified atom stereocenters. The number of hydrogen-bond acceptors (Lipinski definition) is 1. The fourth-order valence-electron chi connectivity index (χ4n) is 1.64. The molecule has 1 aromatic rings. The lowest BCUT2D eigenvalue weighted by atomic mass is 10.0. The smallest absolute Gasteiger partial charge is 0.0706 e. The second kappa shape index (κ2) is 4.37. The van der Waals surface area contributed by atoms with Crippen LogP contribution in [0, 0.1) is 0 Å². The standard InChI is InChI=1S/C12H14BrN2/c1-15(2)6-5-9-8-14-12-4-3-10(13)7-11(9)12/h3-4,7-8H,5-6H2,1-2H3. The summed E-state index contributed by atoms with van der Waals surface area (Å²) in [6.07, 6.45) is 3.04. The van der Waals surface area contributed by atoms with Crippen LogP contribution >= 0.6 is 15.9 Å². The van der Waals surface area contributed by atoms with Gasteiger partial charge in [-0.3, -0.25) is 5.32 Å². The fourth-order valence-corrected chi connectivity index (χ4v) is 2.00. The quantitative estimate of drug-likeness (QED) is 0.822. The van der Waals surface area contributed by atoms with Crippen molar-refractivity contribution >= 4 is 27.2 Å². The van der Waals surface area contributed by atoms with E-state index in [2.05, 4.69) is 52.4 Å². The minimum atomic E-state index is 1.06. The van der Waals surface area contributed by atoms with Crippen LogP contribution in [0.15, 0.2) is 28.9 Å². The van der Waals surface area contributed by atoms with E-state index in [0.29, 0.717) is 0 Å². The molecule has 2 rings (SSSR count). The monoisotopic (exact) mass is 265 g/mol. The average Bonchev–Trinajstić information content (AvgIpc) is 2.57. The van der Waals surface area contributed by atoms with E-state index >= 15 is 0 Å². The fraction of sp³-hybridized carbons (Fsp3) is 0.333. The molecule has 0 spiro atoms. The highest BCUT2D eigenvalue weighted by atomic mass is 79.9. The third kappa shape index (κ3) is 2.41. The van der Waals surface area contributed by atoms with Gasteiger partial charge in [-0.1, -0.05) is 15.9 Å². The SMILES string of the molecule is CN(C)CCC1=C[N]c2ccc(Br)cc21. The number of rotatable bonds is 3. The molecule has 79 valence electrons. The van der Waals surface area contributed by atoms with Crippen LogP contribution in [-0.2, 0) is 0 Å². The van der Waals surface area contributed by atoms with E-state index in [-0.39, 0.29) is 0 Å². The van der Waals surface area contributed by atoms with Crippen molar-refractivity contribution in [2.24, 2.45) is 0 Å². The summed E-state index contributed by atoms with van der Waals surface area (Å²) in [5.74, 6) is 0. The summed E-state index contributed by atoms with van der Waals surface area (Å²) < 4.78 is 1.12. The molecule has 0 aliphatic carbocycles. The third-order valence-electron chi connectivity index (χ3n) is 2.49. The van der Waals surface area contributed by atoms with Crippen LogP contribution in [0.25, 0.3) is 5.57 Å². The van der Waals surface area contributed by atoms with Crippen molar-refractivity contribution in [3.8, 4) is 0 Å². The maximum atomic E-state index is 4.40. The molecule has 1 aliphatic heterocycles. The number of nitrogens with zero attached hydrogens (tertiary/aromatic N) is 2. The van der Waals surface area contributed by atoms with Crippen LogP contribution in [0.1, 0.15) is 12.0 Å². The van der Waals surface area contributed by atoms with Crippen LogP contribution in [0.4, 0.5) is 5.69 Å². The summed E-state index contributed by atoms with van der Waals surface area (Å²) in [4.78, 5) is 2.19. The van der Waals surface area contributed by atoms with Crippen molar-refractivity contribution in [2.45, 2.75) is 6.42 Å². The minimum Gasteiger partial charge on any atom is -0.309 e. The van der Waals surface area contributed by atoms with E-state index in [4.69, 9.17) is 0 Å². The van der Waals surface area contributed by atoms with Gasteiger partial charge in [0.05, 0.1) is 5.69 Å². The molecule has 0 saturated heterocycles. The lowest BCUT2D eigenvalue weighted by Gasteiger charge is -2.10. The van der Waals surface area contributed by atoms with Crippen molar-refractivity contribution in [2.75, 3.05) is 20.6 Å². The van der Waals surface area contributed by atoms with Crippen LogP contribution in [0.5, 0.6) is 0 Å². The molecule has 1 heterocycles. The normalized spacial score (nSPS) is 13.7. The molecule has 0 aromatic heterocycles. The lowest BCUT2D eigenvalue weighted by Crippen LogP contribution is -2.12. The van der Waals surface area contributed by atoms with Gasteiger partial charge in [0, 0.05) is 22.8 Å². The second-order valence-electron chi connectivity index (χ2n) is 4.00. The molecule has 0 fully saturated rings. The van der Waals surface area contributed by atoms with Gasteiger partial charge in [0.25, 0.3) is 0 Å². The molecular formula is C12H14BrN2. The molecule has 0 amide bonds. The predicted octanol–water partition coefficient (Wildman–Crippen LogP) is 2.99. The van der Waals surface area contributed by atoms with E-state index in [9.17, 15) is 0 Å². The van der Waals surface area contributed by atoms with E-state index in [1.54, 1.807) is 0 Å². The lowest BCUT2D eigenvalue weighted by molar-refractivity contribution is 0.419. The Balaban J connectivity index is 2.15. The predicted molar refractivity (Wildman–Crippen MR) is 67.1 cm³/mol. The maximum Gasteiger partial charge on any atom is 0.0706 e. The van der Waals surface area contributed by atoms with E-state index in [1.165, 1.54) is 11.1 Å². The highest BCUT2D eigenvalue weighted by Crippen LogP contribution is 2.34. The molecule has 2 nitrogen and oxygen atoms in total. The molecular weight excluding hydrogens is 252 g/mol. The van der Waals surface area contributed by atoms with Gasteiger partial charge < -0.3 is 4.90 Å². The first-order chi connectivity index (χ1) is 7.16. The van der Waals surface area contributed by atoms with E-state index in [1.807, 2.05) is 12.3 Å². The molecule has 0 N–H and O–H groups in total. The zero-order chi connectivity index (χ0) is 10.8. The summed E-state index contributed by atoms with van der Waals surface area (Å²) >= 11 is 3.49. The minimum absolute atomic E-state index is 1.06. The molecule has 15 heavy (non-hydrogen) atoms. The Morgan fingerprint density at radius 3 is 2.87 bits per heavy atom. The summed E-state index contributed by atoms with van der Waals surface area (Å²) in [7, 11) is 4.18. The number of hydrogen-bond donors (Lipinski definition) is 0. The van der Waals surface area contributed by atoms with Crippen LogP contribution < -0.4 is 5.32 Å². The van der Waals surface area contributed by atoms with E-state index in [0.717, 1.165) is 23.1 Å². The topological polar surface area (TPSA) is 17.3 Å². The average molecular weight is 266 g/mol. The van der Waals surface area contributed by atoms with Gasteiger partial charge in [0.15, 0.2) is 0 Å². The van der Waals surface area contributed by atoms with Crippen molar-refractivity contribution in [3.63, 3.8) is 0 Å². The number of halogens is 1. The van der Waals surface area contributed by atoms with Crippen molar-refractivity contribution < 1.29 is 0 Å². The zero-order valence-corrected chi connectivity index (χ0v) is 10.6. The Hall–Kier alpha value is -0.800. The van der Waals surface area contributed by atoms with Gasteiger partial charge in [-0.25, -0.2) is 0 Å². The largest absolute Gasteiger partial charge is 0.309 e. The third-order valence-corrected chi connectivity index (χ3v) is 2.99. The number of fused-ring (bicyclic) bond motifs is 1. The summed E-state index contributed by atoms with van der Waals surface area (Å²) in [6.45, 7) is 1.06. The molecule has 1 radical (unpaired) electrons. The molecule has 0 atom stereocenters. The van der Waals surface area contributed by atoms with Gasteiger partial charge in [-0.15, -0.1) is 0 Å². The van der Waals surface area contributed by atoms with Crippen molar-refractivity contribution in [3.05, 3.63) is 34.4 Å². The first-order valence-electron chi connectivity index (χ1n) is 5.01. The second-order valence-corrected chi connectivity index (χ2v) is 4.91. The molecule has 0 saturated carbocycles. The summed E-state index contributed by atoms with van der Waals surface area (Å²) in [6, 6.07) is 6.23. The van der Waals surface area contributed by atoms with Gasteiger partial charge in [0.2, 0.25) is 0 Å². The van der Waals surface area contributed by atoms with Gasteiger partial charge in [0.1, 0.15) is 0 Å². The van der Waals surface area contributed by atoms with Gasteiger partial charge in [-0.2, -0.15) is 0 Å². The van der Waals surface area contributed by atoms with Gasteiger partial charge >= 0.3 is 0 Å². The highest BCUT2D eigenvalue weighted by Gasteiger charge is 2.15. The first kappa shape index (κ1) is 10.7. The molecule has 1 aliphatic rings. The summed E-state index contributed by atoms with van der Waals surface area (Å²) in [5, 5.41) is 4.40.